The molecular formula is C22H33N3O5. The zero-order valence-corrected chi connectivity index (χ0v) is 17.9. The second-order valence-electron chi connectivity index (χ2n) is 9.44. The van der Waals surface area contributed by atoms with Crippen molar-refractivity contribution in [3.05, 3.63) is 0 Å². The number of esters is 1. The van der Waals surface area contributed by atoms with Gasteiger partial charge in [-0.1, -0.05) is 32.6 Å². The van der Waals surface area contributed by atoms with Crippen LogP contribution in [0.4, 0.5) is 4.79 Å². The van der Waals surface area contributed by atoms with Gasteiger partial charge in [-0.3, -0.25) is 19.3 Å². The van der Waals surface area contributed by atoms with Crippen LogP contribution in [-0.4, -0.2) is 64.9 Å². The molecule has 2 aliphatic carbocycles. The number of carbonyl (C=O) groups is 4. The van der Waals surface area contributed by atoms with Crippen molar-refractivity contribution >= 4 is 23.8 Å². The van der Waals surface area contributed by atoms with Crippen molar-refractivity contribution < 1.29 is 23.9 Å². The minimum atomic E-state index is -0.894. The molecule has 2 aliphatic heterocycles. The first-order valence-electron chi connectivity index (χ1n) is 11.5. The van der Waals surface area contributed by atoms with Crippen molar-refractivity contribution in [3.8, 4) is 0 Å². The third kappa shape index (κ3) is 3.81. The van der Waals surface area contributed by atoms with E-state index in [0.29, 0.717) is 18.9 Å². The summed E-state index contributed by atoms with van der Waals surface area (Å²) in [5.74, 6) is -0.636. The number of nitrogens with zero attached hydrogens (tertiary/aromatic N) is 2. The molecule has 1 spiro atoms. The van der Waals surface area contributed by atoms with Crippen LogP contribution in [0.1, 0.15) is 71.1 Å². The predicted molar refractivity (Wildman–Crippen MR) is 108 cm³/mol. The molecule has 2 saturated heterocycles. The van der Waals surface area contributed by atoms with Crippen LogP contribution >= 0.6 is 0 Å². The van der Waals surface area contributed by atoms with E-state index in [4.69, 9.17) is 4.74 Å². The average molecular weight is 420 g/mol. The highest BCUT2D eigenvalue weighted by atomic mass is 16.5. The maximum absolute atomic E-state index is 12.9. The van der Waals surface area contributed by atoms with Crippen LogP contribution < -0.4 is 5.32 Å². The summed E-state index contributed by atoms with van der Waals surface area (Å²) in [5.41, 5.74) is -0.894. The van der Waals surface area contributed by atoms with Gasteiger partial charge in [0.05, 0.1) is 0 Å². The first kappa shape index (κ1) is 21.1. The van der Waals surface area contributed by atoms with E-state index in [0.717, 1.165) is 43.4 Å². The number of hydrogen-bond acceptors (Lipinski definition) is 5. The Morgan fingerprint density at radius 1 is 1.07 bits per heavy atom. The van der Waals surface area contributed by atoms with E-state index >= 15 is 0 Å². The topological polar surface area (TPSA) is 96.0 Å². The maximum Gasteiger partial charge on any atom is 0.326 e. The molecule has 4 amide bonds. The SMILES string of the molecule is C[C@H]1CCCC[C@]12NC(=O)N(CC(=O)OCC(=O)N1CCC[C@H]3CCCC[C@@H]31)C2=O. The van der Waals surface area contributed by atoms with E-state index in [1.807, 2.05) is 11.8 Å². The Morgan fingerprint density at radius 2 is 1.80 bits per heavy atom. The lowest BCUT2D eigenvalue weighted by Crippen LogP contribution is -2.54. The first-order chi connectivity index (χ1) is 14.4. The summed E-state index contributed by atoms with van der Waals surface area (Å²) in [5, 5.41) is 2.83. The minimum absolute atomic E-state index is 0.0350. The smallest absolute Gasteiger partial charge is 0.326 e. The van der Waals surface area contributed by atoms with Gasteiger partial charge in [-0.2, -0.15) is 0 Å². The molecule has 0 radical (unpaired) electrons. The number of piperidine rings is 1. The van der Waals surface area contributed by atoms with Crippen molar-refractivity contribution in [1.29, 1.82) is 0 Å². The number of rotatable bonds is 4. The van der Waals surface area contributed by atoms with Crippen LogP contribution in [0.2, 0.25) is 0 Å². The van der Waals surface area contributed by atoms with Gasteiger partial charge in [-0.25, -0.2) is 4.79 Å². The molecule has 0 aromatic rings. The molecule has 4 fully saturated rings. The number of fused-ring (bicyclic) bond motifs is 1. The van der Waals surface area contributed by atoms with Gasteiger partial charge in [0.1, 0.15) is 12.1 Å². The number of hydrogen-bond donors (Lipinski definition) is 1. The molecule has 0 aromatic heterocycles. The monoisotopic (exact) mass is 419 g/mol. The summed E-state index contributed by atoms with van der Waals surface area (Å²) in [7, 11) is 0. The molecule has 8 nitrogen and oxygen atoms in total. The number of carbonyl (C=O) groups excluding carboxylic acids is 4. The highest BCUT2D eigenvalue weighted by Crippen LogP contribution is 2.38. The molecule has 4 rings (SSSR count). The number of likely N-dealkylation sites (tertiary alicyclic amines) is 1. The predicted octanol–water partition coefficient (Wildman–Crippen LogP) is 2.21. The molecule has 4 atom stereocenters. The molecule has 2 heterocycles. The molecule has 30 heavy (non-hydrogen) atoms. The molecule has 4 aliphatic rings. The Bertz CT molecular complexity index is 724. The van der Waals surface area contributed by atoms with Gasteiger partial charge in [0.2, 0.25) is 0 Å². The summed E-state index contributed by atoms with van der Waals surface area (Å²) in [6.45, 7) is 1.91. The van der Waals surface area contributed by atoms with Crippen molar-refractivity contribution in [2.45, 2.75) is 82.7 Å². The Morgan fingerprint density at radius 3 is 2.60 bits per heavy atom. The largest absolute Gasteiger partial charge is 0.454 e. The molecule has 2 saturated carbocycles. The van der Waals surface area contributed by atoms with Crippen molar-refractivity contribution in [3.63, 3.8) is 0 Å². The zero-order valence-electron chi connectivity index (χ0n) is 17.9. The van der Waals surface area contributed by atoms with Crippen molar-refractivity contribution in [1.82, 2.24) is 15.1 Å². The second-order valence-corrected chi connectivity index (χ2v) is 9.44. The zero-order chi connectivity index (χ0) is 21.3. The van der Waals surface area contributed by atoms with Gasteiger partial charge in [0.25, 0.3) is 11.8 Å². The van der Waals surface area contributed by atoms with Crippen LogP contribution in [0.5, 0.6) is 0 Å². The molecule has 166 valence electrons. The summed E-state index contributed by atoms with van der Waals surface area (Å²) in [6.07, 6.45) is 10.1. The van der Waals surface area contributed by atoms with E-state index in [9.17, 15) is 19.2 Å². The lowest BCUT2D eigenvalue weighted by molar-refractivity contribution is -0.156. The van der Waals surface area contributed by atoms with E-state index in [2.05, 4.69) is 5.32 Å². The van der Waals surface area contributed by atoms with Crippen LogP contribution in [0.3, 0.4) is 0 Å². The van der Waals surface area contributed by atoms with Gasteiger partial charge in [0, 0.05) is 12.6 Å². The summed E-state index contributed by atoms with van der Waals surface area (Å²) >= 11 is 0. The quantitative estimate of drug-likeness (QED) is 0.557. The van der Waals surface area contributed by atoms with E-state index in [1.54, 1.807) is 0 Å². The van der Waals surface area contributed by atoms with Gasteiger partial charge in [0.15, 0.2) is 6.61 Å². The van der Waals surface area contributed by atoms with Gasteiger partial charge >= 0.3 is 12.0 Å². The van der Waals surface area contributed by atoms with Crippen LogP contribution in [0, 0.1) is 11.8 Å². The number of nitrogens with one attached hydrogen (secondary N) is 1. The molecule has 0 unspecified atom stereocenters. The van der Waals surface area contributed by atoms with E-state index < -0.39 is 24.1 Å². The summed E-state index contributed by atoms with van der Waals surface area (Å²) in [6, 6.07) is -0.282. The summed E-state index contributed by atoms with van der Waals surface area (Å²) < 4.78 is 5.19. The number of urea groups is 1. The third-order valence-electron chi connectivity index (χ3n) is 7.71. The maximum atomic E-state index is 12.9. The normalized spacial score (nSPS) is 34.0. The van der Waals surface area contributed by atoms with Crippen LogP contribution in [-0.2, 0) is 19.1 Å². The van der Waals surface area contributed by atoms with Crippen molar-refractivity contribution in [2.75, 3.05) is 19.7 Å². The lowest BCUT2D eigenvalue weighted by Gasteiger charge is -2.44. The number of ether oxygens (including phenoxy) is 1. The minimum Gasteiger partial charge on any atom is -0.454 e. The highest BCUT2D eigenvalue weighted by molar-refractivity contribution is 6.09. The molecule has 8 heteroatoms. The standard InChI is InChI=1S/C22H33N3O5/c1-15-7-4-5-11-22(15)20(28)25(21(29)23-22)13-19(27)30-14-18(26)24-12-6-9-16-8-2-3-10-17(16)24/h15-17H,2-14H2,1H3,(H,23,29)/t15-,16+,17-,22-/m0/s1. The molecular weight excluding hydrogens is 386 g/mol. The molecule has 0 bridgehead atoms. The fraction of sp³-hybridized carbons (Fsp3) is 0.818. The molecule has 1 N–H and O–H groups in total. The van der Waals surface area contributed by atoms with Gasteiger partial charge < -0.3 is 15.0 Å². The fourth-order valence-electron chi connectivity index (χ4n) is 5.97. The van der Waals surface area contributed by atoms with Gasteiger partial charge in [-0.05, 0) is 50.4 Å². The Labute approximate surface area is 177 Å². The Kier molecular flexibility index (Phi) is 6.02. The van der Waals surface area contributed by atoms with Gasteiger partial charge in [-0.15, -0.1) is 0 Å². The number of imide groups is 1. The number of amides is 4. The van der Waals surface area contributed by atoms with Crippen molar-refractivity contribution in [2.24, 2.45) is 11.8 Å². The average Bonchev–Trinajstić information content (AvgIpc) is 2.98. The van der Waals surface area contributed by atoms with E-state index in [1.165, 1.54) is 19.3 Å². The highest BCUT2D eigenvalue weighted by Gasteiger charge is 2.55. The lowest BCUT2D eigenvalue weighted by atomic mass is 9.73. The molecule has 0 aromatic carbocycles. The Balaban J connectivity index is 1.31. The summed E-state index contributed by atoms with van der Waals surface area (Å²) in [4.78, 5) is 53.2. The second kappa shape index (κ2) is 8.55. The third-order valence-corrected chi connectivity index (χ3v) is 7.71. The van der Waals surface area contributed by atoms with E-state index in [-0.39, 0.29) is 30.4 Å². The first-order valence-corrected chi connectivity index (χ1v) is 11.5. The van der Waals surface area contributed by atoms with Crippen LogP contribution in [0.25, 0.3) is 0 Å². The van der Waals surface area contributed by atoms with Crippen LogP contribution in [0.15, 0.2) is 0 Å². The fourth-order valence-corrected chi connectivity index (χ4v) is 5.97. The Hall–Kier alpha value is -2.12.